The Hall–Kier alpha value is -6.57. The van der Waals surface area contributed by atoms with Crippen LogP contribution in [0.1, 0.15) is 0 Å². The number of hydrogen-bond donors (Lipinski definition) is 0. The predicted octanol–water partition coefficient (Wildman–Crippen LogP) is 6.47. The molecule has 9 aromatic rings. The number of pyridine rings is 1. The molecule has 0 aliphatic heterocycles. The second kappa shape index (κ2) is 12.5. The van der Waals surface area contributed by atoms with Crippen LogP contribution in [0, 0.1) is 0 Å². The normalized spacial score (nSPS) is 11.6. The van der Waals surface area contributed by atoms with Crippen molar-refractivity contribution in [3.8, 4) is 28.7 Å². The van der Waals surface area contributed by atoms with Gasteiger partial charge in [0, 0.05) is 29.4 Å². The van der Waals surface area contributed by atoms with Gasteiger partial charge >= 0.3 is 0 Å². The molecular formula is C43H30N6Si. The zero-order chi connectivity index (χ0) is 33.3. The largest absolute Gasteiger partial charge is 0.278 e. The van der Waals surface area contributed by atoms with E-state index in [2.05, 4.69) is 144 Å². The van der Waals surface area contributed by atoms with E-state index in [-0.39, 0.29) is 0 Å². The molecule has 0 aliphatic rings. The van der Waals surface area contributed by atoms with Crippen LogP contribution in [-0.2, 0) is 0 Å². The molecule has 9 rings (SSSR count). The maximum Gasteiger partial charge on any atom is 0.235 e. The lowest BCUT2D eigenvalue weighted by Crippen LogP contribution is -2.76. The molecule has 50 heavy (non-hydrogen) atoms. The van der Waals surface area contributed by atoms with Crippen molar-refractivity contribution >= 4 is 50.8 Å². The van der Waals surface area contributed by atoms with Gasteiger partial charge in [-0.05, 0) is 45.9 Å². The summed E-state index contributed by atoms with van der Waals surface area (Å²) in [6, 6.07) is 57.1. The van der Waals surface area contributed by atoms with Crippen molar-refractivity contribution < 1.29 is 0 Å². The first kappa shape index (κ1) is 29.6. The zero-order valence-electron chi connectivity index (χ0n) is 27.0. The maximum absolute atomic E-state index is 5.79. The van der Waals surface area contributed by atoms with E-state index in [1.807, 2.05) is 30.5 Å². The smallest absolute Gasteiger partial charge is 0.235 e. The van der Waals surface area contributed by atoms with E-state index in [9.17, 15) is 0 Å². The van der Waals surface area contributed by atoms with Crippen LogP contribution in [0.2, 0.25) is 0 Å². The Balaban J connectivity index is 1.54. The van der Waals surface area contributed by atoms with Gasteiger partial charge in [0.05, 0.1) is 27.6 Å². The van der Waals surface area contributed by atoms with Crippen LogP contribution in [0.4, 0.5) is 0 Å². The highest BCUT2D eigenvalue weighted by molar-refractivity contribution is 7.20. The lowest BCUT2D eigenvalue weighted by molar-refractivity contribution is 0.996. The van der Waals surface area contributed by atoms with E-state index in [0.717, 1.165) is 38.4 Å². The van der Waals surface area contributed by atoms with E-state index in [1.54, 1.807) is 12.4 Å². The molecule has 6 nitrogen and oxygen atoms in total. The maximum atomic E-state index is 5.79. The summed E-state index contributed by atoms with van der Waals surface area (Å²) in [6.07, 6.45) is 5.38. The van der Waals surface area contributed by atoms with E-state index >= 15 is 0 Å². The standard InChI is InChI=1S/C43H30N6Si/c1-4-17-31(18-5-1)50(32-19-6-2-7-20-32,33-21-8-3-9-22-33)42-39(41-45-29-16-30-46-41)40(36-25-14-15-28-44-36)47-43(48-42)49-37-26-12-10-23-34(37)35-24-11-13-27-38(35)49/h1-30H. The highest BCUT2D eigenvalue weighted by atomic mass is 28.3. The molecule has 0 bridgehead atoms. The second-order valence-corrected chi connectivity index (χ2v) is 15.8. The first-order chi connectivity index (χ1) is 24.8. The fourth-order valence-electron chi connectivity index (χ4n) is 7.26. The third kappa shape index (κ3) is 4.75. The van der Waals surface area contributed by atoms with Gasteiger partial charge in [-0.25, -0.2) is 19.9 Å². The summed E-state index contributed by atoms with van der Waals surface area (Å²) in [6.45, 7) is 0. The third-order valence-corrected chi connectivity index (χ3v) is 14.0. The monoisotopic (exact) mass is 658 g/mol. The summed E-state index contributed by atoms with van der Waals surface area (Å²) in [7, 11) is -3.24. The Labute approximate surface area is 290 Å². The lowest BCUT2D eigenvalue weighted by atomic mass is 10.1. The number of fused-ring (bicyclic) bond motifs is 3. The number of aromatic nitrogens is 6. The topological polar surface area (TPSA) is 69.4 Å². The van der Waals surface area contributed by atoms with Crippen LogP contribution >= 0.6 is 0 Å². The number of para-hydroxylation sites is 2. The minimum absolute atomic E-state index is 0.552. The van der Waals surface area contributed by atoms with Crippen LogP contribution in [0.5, 0.6) is 0 Å². The van der Waals surface area contributed by atoms with Gasteiger partial charge in [-0.2, -0.15) is 0 Å². The molecule has 0 saturated carbocycles. The van der Waals surface area contributed by atoms with E-state index < -0.39 is 8.07 Å². The van der Waals surface area contributed by atoms with Crippen LogP contribution in [-0.4, -0.2) is 37.6 Å². The molecule has 4 heterocycles. The van der Waals surface area contributed by atoms with Crippen LogP contribution < -0.4 is 20.9 Å². The van der Waals surface area contributed by atoms with Crippen molar-refractivity contribution in [2.45, 2.75) is 0 Å². The summed E-state index contributed by atoms with van der Waals surface area (Å²) >= 11 is 0. The van der Waals surface area contributed by atoms with Crippen molar-refractivity contribution in [1.29, 1.82) is 0 Å². The molecule has 0 saturated heterocycles. The first-order valence-corrected chi connectivity index (χ1v) is 18.6. The molecule has 0 amide bonds. The molecule has 0 atom stereocenters. The lowest BCUT2D eigenvalue weighted by Gasteiger charge is -2.35. The number of rotatable bonds is 7. The average molecular weight is 659 g/mol. The summed E-state index contributed by atoms with van der Waals surface area (Å²) in [5.74, 6) is 1.12. The van der Waals surface area contributed by atoms with Gasteiger partial charge in [-0.15, -0.1) is 0 Å². The minimum atomic E-state index is -3.24. The SMILES string of the molecule is c1ccc([Si](c2ccccc2)(c2ccccc2)c2nc(-n3c4ccccc4c4ccccc43)nc(-c3ccccn3)c2-c2ncccn2)cc1. The molecule has 7 heteroatoms. The number of benzene rings is 5. The predicted molar refractivity (Wildman–Crippen MR) is 204 cm³/mol. The zero-order valence-corrected chi connectivity index (χ0v) is 28.0. The third-order valence-electron chi connectivity index (χ3n) is 9.35. The summed E-state index contributed by atoms with van der Waals surface area (Å²) in [5.41, 5.74) is 4.23. The van der Waals surface area contributed by atoms with Gasteiger partial charge in [-0.3, -0.25) is 9.55 Å². The minimum Gasteiger partial charge on any atom is -0.278 e. The first-order valence-electron chi connectivity index (χ1n) is 16.6. The highest BCUT2D eigenvalue weighted by Crippen LogP contribution is 2.33. The van der Waals surface area contributed by atoms with Gasteiger partial charge in [0.15, 0.2) is 5.82 Å². The Bertz CT molecular complexity index is 2430. The van der Waals surface area contributed by atoms with E-state index in [4.69, 9.17) is 24.9 Å². The number of nitrogens with zero attached hydrogens (tertiary/aromatic N) is 6. The molecular weight excluding hydrogens is 629 g/mol. The Morgan fingerprint density at radius 1 is 0.420 bits per heavy atom. The molecule has 0 fully saturated rings. The van der Waals surface area contributed by atoms with Gasteiger partial charge in [0.2, 0.25) is 14.0 Å². The molecule has 0 N–H and O–H groups in total. The summed E-state index contributed by atoms with van der Waals surface area (Å²) < 4.78 is 2.19. The molecule has 0 unspecified atom stereocenters. The molecule has 0 spiro atoms. The van der Waals surface area contributed by atoms with Gasteiger partial charge in [0.25, 0.3) is 0 Å². The van der Waals surface area contributed by atoms with Gasteiger partial charge in [-0.1, -0.05) is 133 Å². The quantitative estimate of drug-likeness (QED) is 0.145. The number of hydrogen-bond acceptors (Lipinski definition) is 5. The highest BCUT2D eigenvalue weighted by Gasteiger charge is 2.46. The van der Waals surface area contributed by atoms with Crippen LogP contribution in [0.25, 0.3) is 50.5 Å². The molecule has 0 aliphatic carbocycles. The van der Waals surface area contributed by atoms with Crippen molar-refractivity contribution in [3.63, 3.8) is 0 Å². The van der Waals surface area contributed by atoms with Crippen LogP contribution in [0.3, 0.4) is 0 Å². The molecule has 0 radical (unpaired) electrons. The van der Waals surface area contributed by atoms with Crippen molar-refractivity contribution in [2.24, 2.45) is 0 Å². The van der Waals surface area contributed by atoms with E-state index in [0.29, 0.717) is 17.5 Å². The summed E-state index contributed by atoms with van der Waals surface area (Å²) in [5, 5.41) is 6.73. The van der Waals surface area contributed by atoms with Gasteiger partial charge < -0.3 is 0 Å². The fraction of sp³-hybridized carbons (Fsp3) is 0. The van der Waals surface area contributed by atoms with Gasteiger partial charge in [0.1, 0.15) is 5.69 Å². The molecule has 4 aromatic heterocycles. The van der Waals surface area contributed by atoms with Crippen molar-refractivity contribution in [3.05, 3.63) is 182 Å². The Kier molecular flexibility index (Phi) is 7.37. The molecule has 236 valence electrons. The van der Waals surface area contributed by atoms with Crippen molar-refractivity contribution in [1.82, 2.24) is 29.5 Å². The van der Waals surface area contributed by atoms with E-state index in [1.165, 1.54) is 15.6 Å². The Morgan fingerprint density at radius 3 is 1.42 bits per heavy atom. The average Bonchev–Trinajstić information content (AvgIpc) is 3.54. The second-order valence-electron chi connectivity index (χ2n) is 12.1. The Morgan fingerprint density at radius 2 is 0.900 bits per heavy atom. The summed E-state index contributed by atoms with van der Waals surface area (Å²) in [4.78, 5) is 25.9. The van der Waals surface area contributed by atoms with Crippen molar-refractivity contribution in [2.75, 3.05) is 0 Å². The van der Waals surface area contributed by atoms with Crippen LogP contribution in [0.15, 0.2) is 182 Å². The molecule has 5 aromatic carbocycles. The fourth-order valence-corrected chi connectivity index (χ4v) is 12.0.